The van der Waals surface area contributed by atoms with Crippen molar-refractivity contribution in [1.29, 1.82) is 0 Å². The third-order valence-electron chi connectivity index (χ3n) is 6.96. The van der Waals surface area contributed by atoms with E-state index < -0.39 is 14.6 Å². The van der Waals surface area contributed by atoms with Gasteiger partial charge in [-0.15, -0.1) is 0 Å². The third kappa shape index (κ3) is 4.62. The topological polar surface area (TPSA) is 56.5 Å². The van der Waals surface area contributed by atoms with E-state index in [1.807, 2.05) is 18.2 Å². The van der Waals surface area contributed by atoms with Gasteiger partial charge in [0, 0.05) is 10.8 Å². The first kappa shape index (κ1) is 22.2. The summed E-state index contributed by atoms with van der Waals surface area (Å²) in [7, 11) is -1.31. The second-order valence-electron chi connectivity index (χ2n) is 10.1. The number of hydrogen-bond donors (Lipinski definition) is 0. The Morgan fingerprint density at radius 3 is 2.32 bits per heavy atom. The highest BCUT2D eigenvalue weighted by atomic mass is 32.2. The van der Waals surface area contributed by atoms with E-state index in [1.54, 1.807) is 27.9 Å². The van der Waals surface area contributed by atoms with Gasteiger partial charge in [-0.3, -0.25) is 0 Å². The zero-order valence-electron chi connectivity index (χ0n) is 19.1. The summed E-state index contributed by atoms with van der Waals surface area (Å²) >= 11 is 0. The number of para-hydroxylation sites is 1. The van der Waals surface area contributed by atoms with Crippen molar-refractivity contribution in [2.75, 3.05) is 12.9 Å². The molecule has 0 amide bonds. The van der Waals surface area contributed by atoms with Crippen LogP contribution >= 0.6 is 0 Å². The number of furan rings is 1. The molecule has 31 heavy (non-hydrogen) atoms. The lowest BCUT2D eigenvalue weighted by Crippen LogP contribution is -2.34. The summed E-state index contributed by atoms with van der Waals surface area (Å²) in [6.45, 7) is 5.42. The molecule has 0 radical (unpaired) electrons. The molecule has 0 bridgehead atoms. The number of ether oxygens (including phenoxy) is 1. The Kier molecular flexibility index (Phi) is 6.08. The Balaban J connectivity index is 1.40. The van der Waals surface area contributed by atoms with Gasteiger partial charge in [0.25, 0.3) is 0 Å². The Labute approximate surface area is 185 Å². The Hall–Kier alpha value is -2.01. The van der Waals surface area contributed by atoms with E-state index in [0.29, 0.717) is 17.6 Å². The molecular formula is C26H34O4S. The van der Waals surface area contributed by atoms with Gasteiger partial charge in [0.2, 0.25) is 0 Å². The van der Waals surface area contributed by atoms with Crippen molar-refractivity contribution in [1.82, 2.24) is 0 Å². The van der Waals surface area contributed by atoms with E-state index in [1.165, 1.54) is 5.56 Å². The van der Waals surface area contributed by atoms with Crippen LogP contribution in [0.1, 0.15) is 58.4 Å². The van der Waals surface area contributed by atoms with Gasteiger partial charge in [-0.2, -0.15) is 0 Å². The highest BCUT2D eigenvalue weighted by Crippen LogP contribution is 2.37. The zero-order chi connectivity index (χ0) is 22.2. The molecule has 0 aliphatic heterocycles. The van der Waals surface area contributed by atoms with Crippen LogP contribution in [0.15, 0.2) is 40.8 Å². The number of fused-ring (bicyclic) bond motifs is 3. The summed E-state index contributed by atoms with van der Waals surface area (Å²) in [6, 6.07) is 12.3. The predicted molar refractivity (Wildman–Crippen MR) is 128 cm³/mol. The van der Waals surface area contributed by atoms with Crippen molar-refractivity contribution in [3.05, 3.63) is 42.0 Å². The predicted octanol–water partition coefficient (Wildman–Crippen LogP) is 6.55. The molecule has 3 aromatic rings. The molecule has 168 valence electrons. The van der Waals surface area contributed by atoms with Gasteiger partial charge in [0.05, 0.1) is 17.6 Å². The second-order valence-corrected chi connectivity index (χ2v) is 12.9. The van der Waals surface area contributed by atoms with E-state index in [0.717, 1.165) is 66.2 Å². The molecule has 0 atom stereocenters. The fraction of sp³-hybridized carbons (Fsp3) is 0.538. The monoisotopic (exact) mass is 442 g/mol. The number of rotatable bonds is 6. The van der Waals surface area contributed by atoms with Gasteiger partial charge >= 0.3 is 0 Å². The number of hydrogen-bond acceptors (Lipinski definition) is 4. The number of sulfone groups is 1. The first-order valence-corrected chi connectivity index (χ1v) is 13.0. The fourth-order valence-electron chi connectivity index (χ4n) is 4.79. The van der Waals surface area contributed by atoms with Crippen LogP contribution < -0.4 is 4.74 Å². The first-order valence-electron chi connectivity index (χ1n) is 11.4. The minimum absolute atomic E-state index is 0.307. The van der Waals surface area contributed by atoms with E-state index in [-0.39, 0.29) is 0 Å². The molecule has 1 aliphatic carbocycles. The van der Waals surface area contributed by atoms with E-state index >= 15 is 0 Å². The van der Waals surface area contributed by atoms with Gasteiger partial charge in [0.1, 0.15) is 16.9 Å². The molecule has 5 heteroatoms. The molecule has 4 nitrogen and oxygen atoms in total. The Morgan fingerprint density at radius 2 is 1.65 bits per heavy atom. The van der Waals surface area contributed by atoms with Crippen LogP contribution in [0.2, 0.25) is 0 Å². The van der Waals surface area contributed by atoms with Crippen molar-refractivity contribution in [2.24, 2.45) is 11.8 Å². The molecule has 1 aliphatic rings. The molecule has 1 heterocycles. The van der Waals surface area contributed by atoms with Gasteiger partial charge in [-0.1, -0.05) is 31.0 Å². The van der Waals surface area contributed by atoms with Crippen LogP contribution in [-0.4, -0.2) is 26.0 Å². The molecular weight excluding hydrogens is 408 g/mol. The minimum Gasteiger partial charge on any atom is -0.496 e. The van der Waals surface area contributed by atoms with E-state index in [9.17, 15) is 8.42 Å². The summed E-state index contributed by atoms with van der Waals surface area (Å²) in [5, 5.41) is 2.21. The van der Waals surface area contributed by atoms with E-state index in [4.69, 9.17) is 9.15 Å². The quantitative estimate of drug-likeness (QED) is 0.434. The molecule has 1 aromatic heterocycles. The van der Waals surface area contributed by atoms with Crippen molar-refractivity contribution in [3.8, 4) is 5.75 Å². The lowest BCUT2D eigenvalue weighted by Gasteiger charge is -2.30. The fourth-order valence-corrected chi connectivity index (χ4v) is 6.24. The highest BCUT2D eigenvalue weighted by Gasteiger charge is 2.33. The summed E-state index contributed by atoms with van der Waals surface area (Å²) < 4.78 is 36.2. The molecule has 2 aromatic carbocycles. The lowest BCUT2D eigenvalue weighted by atomic mass is 9.80. The van der Waals surface area contributed by atoms with Crippen LogP contribution in [0.4, 0.5) is 0 Å². The molecule has 0 spiro atoms. The molecule has 0 N–H and O–H groups in total. The SMILES string of the molecule is COc1cc2c(cc1CCC1CCC(CS(=O)(=O)C(C)(C)C)CC1)oc1ccccc12. The largest absolute Gasteiger partial charge is 0.496 e. The average Bonchev–Trinajstić information content (AvgIpc) is 3.09. The van der Waals surface area contributed by atoms with E-state index in [2.05, 4.69) is 18.2 Å². The number of benzene rings is 2. The maximum Gasteiger partial charge on any atom is 0.155 e. The van der Waals surface area contributed by atoms with Crippen LogP contribution in [0.25, 0.3) is 21.9 Å². The van der Waals surface area contributed by atoms with Crippen molar-refractivity contribution >= 4 is 31.8 Å². The van der Waals surface area contributed by atoms with Crippen LogP contribution in [0.3, 0.4) is 0 Å². The van der Waals surface area contributed by atoms with Gasteiger partial charge in [-0.25, -0.2) is 8.42 Å². The zero-order valence-corrected chi connectivity index (χ0v) is 19.9. The molecule has 0 unspecified atom stereocenters. The maximum absolute atomic E-state index is 12.5. The smallest absolute Gasteiger partial charge is 0.155 e. The van der Waals surface area contributed by atoms with Gasteiger partial charge < -0.3 is 9.15 Å². The Bertz CT molecular complexity index is 1160. The third-order valence-corrected chi connectivity index (χ3v) is 9.73. The lowest BCUT2D eigenvalue weighted by molar-refractivity contribution is 0.277. The van der Waals surface area contributed by atoms with Crippen LogP contribution in [-0.2, 0) is 16.3 Å². The van der Waals surface area contributed by atoms with Crippen molar-refractivity contribution in [2.45, 2.75) is 64.0 Å². The summed E-state index contributed by atoms with van der Waals surface area (Å²) in [4.78, 5) is 0. The average molecular weight is 443 g/mol. The van der Waals surface area contributed by atoms with Crippen molar-refractivity contribution < 1.29 is 17.6 Å². The summed E-state index contributed by atoms with van der Waals surface area (Å²) in [6.07, 6.45) is 6.30. The molecule has 1 saturated carbocycles. The molecule has 1 fully saturated rings. The van der Waals surface area contributed by atoms with Crippen molar-refractivity contribution in [3.63, 3.8) is 0 Å². The van der Waals surface area contributed by atoms with Crippen LogP contribution in [0, 0.1) is 11.8 Å². The molecule has 0 saturated heterocycles. The summed E-state index contributed by atoms with van der Waals surface area (Å²) in [5.74, 6) is 2.20. The van der Waals surface area contributed by atoms with Gasteiger partial charge in [0.15, 0.2) is 9.84 Å². The maximum atomic E-state index is 12.5. The van der Waals surface area contributed by atoms with Gasteiger partial charge in [-0.05, 0) is 82.1 Å². The molecule has 4 rings (SSSR count). The number of aryl methyl sites for hydroxylation is 1. The number of methoxy groups -OCH3 is 1. The summed E-state index contributed by atoms with van der Waals surface area (Å²) in [5.41, 5.74) is 3.00. The van der Waals surface area contributed by atoms with Crippen LogP contribution in [0.5, 0.6) is 5.75 Å². The first-order chi connectivity index (χ1) is 14.7. The Morgan fingerprint density at radius 1 is 0.968 bits per heavy atom. The standard InChI is InChI=1S/C26H34O4S/c1-26(2,3)31(27,28)17-19-11-9-18(10-12-19)13-14-20-15-25-22(16-24(20)29-4)21-7-5-6-8-23(21)30-25/h5-8,15-16,18-19H,9-14,17H2,1-4H3. The minimum atomic E-state index is -3.04. The normalized spacial score (nSPS) is 20.4. The second kappa shape index (κ2) is 8.50. The highest BCUT2D eigenvalue weighted by molar-refractivity contribution is 7.92.